The van der Waals surface area contributed by atoms with Gasteiger partial charge in [-0.2, -0.15) is 0 Å². The maximum absolute atomic E-state index is 12.8. The Morgan fingerprint density at radius 3 is 2.50 bits per heavy atom. The van der Waals surface area contributed by atoms with Crippen LogP contribution in [0.2, 0.25) is 0 Å². The lowest BCUT2D eigenvalue weighted by Crippen LogP contribution is -2.24. The Hall–Kier alpha value is -3.22. The van der Waals surface area contributed by atoms with Gasteiger partial charge in [0.2, 0.25) is 0 Å². The molecule has 0 amide bonds. The second-order valence-corrected chi connectivity index (χ2v) is 5.37. The van der Waals surface area contributed by atoms with E-state index in [-0.39, 0.29) is 0 Å². The van der Waals surface area contributed by atoms with Crippen LogP contribution in [0.1, 0.15) is 15.9 Å². The number of nitrogens with two attached hydrogens (primary N) is 1. The van der Waals surface area contributed by atoms with E-state index in [9.17, 15) is 9.59 Å². The number of carbonyl (C=O) groups is 1. The average Bonchev–Trinajstić information content (AvgIpc) is 2.88. The number of nitrogen functional groups attached to an aromatic ring is 1. The predicted molar refractivity (Wildman–Crippen MR) is 91.0 cm³/mol. The highest BCUT2D eigenvalue weighted by molar-refractivity contribution is 6.02. The molecule has 124 valence electrons. The predicted octanol–water partition coefficient (Wildman–Crippen LogP) is 1.93. The summed E-state index contributed by atoms with van der Waals surface area (Å²) in [7, 11) is 2.99. The van der Waals surface area contributed by atoms with Crippen molar-refractivity contribution >= 4 is 22.6 Å². The van der Waals surface area contributed by atoms with Gasteiger partial charge < -0.3 is 20.2 Å². The minimum absolute atomic E-state index is 0.301. The summed E-state index contributed by atoms with van der Waals surface area (Å²) in [6.07, 6.45) is 0. The molecule has 1 heterocycles. The quantitative estimate of drug-likeness (QED) is 0.716. The molecule has 3 aromatic rings. The largest absolute Gasteiger partial charge is 0.493 e. The second kappa shape index (κ2) is 5.77. The summed E-state index contributed by atoms with van der Waals surface area (Å²) in [5, 5.41) is 0. The molecule has 0 unspecified atom stereocenters. The van der Waals surface area contributed by atoms with Gasteiger partial charge in [0, 0.05) is 11.3 Å². The fourth-order valence-corrected chi connectivity index (χ4v) is 2.58. The molecule has 0 aliphatic heterocycles. The van der Waals surface area contributed by atoms with Crippen molar-refractivity contribution in [3.8, 4) is 11.5 Å². The van der Waals surface area contributed by atoms with Crippen molar-refractivity contribution < 1.29 is 14.3 Å². The Morgan fingerprint density at radius 1 is 1.12 bits per heavy atom. The van der Waals surface area contributed by atoms with Crippen molar-refractivity contribution in [2.45, 2.75) is 6.92 Å². The van der Waals surface area contributed by atoms with Gasteiger partial charge >= 0.3 is 5.69 Å². The van der Waals surface area contributed by atoms with Crippen LogP contribution >= 0.6 is 0 Å². The monoisotopic (exact) mass is 327 g/mol. The highest BCUT2D eigenvalue weighted by atomic mass is 16.5. The summed E-state index contributed by atoms with van der Waals surface area (Å²) in [4.78, 5) is 27.7. The number of hydrogen-bond donors (Lipinski definition) is 2. The van der Waals surface area contributed by atoms with E-state index in [1.54, 1.807) is 24.3 Å². The molecule has 0 saturated heterocycles. The highest BCUT2D eigenvalue weighted by Crippen LogP contribution is 2.28. The molecule has 0 aliphatic rings. The number of hydrogen-bond acceptors (Lipinski definition) is 5. The number of imidazole rings is 1. The van der Waals surface area contributed by atoms with Gasteiger partial charge in [0.25, 0.3) is 5.91 Å². The summed E-state index contributed by atoms with van der Waals surface area (Å²) in [6, 6.07) is 8.08. The topological polar surface area (TPSA) is 99.3 Å². The molecular weight excluding hydrogens is 310 g/mol. The highest BCUT2D eigenvalue weighted by Gasteiger charge is 2.18. The van der Waals surface area contributed by atoms with Crippen LogP contribution in [0.3, 0.4) is 0 Å². The fourth-order valence-electron chi connectivity index (χ4n) is 2.58. The Kier molecular flexibility index (Phi) is 3.76. The van der Waals surface area contributed by atoms with E-state index >= 15 is 0 Å². The third kappa shape index (κ3) is 2.40. The summed E-state index contributed by atoms with van der Waals surface area (Å²) in [6.45, 7) is 1.83. The van der Waals surface area contributed by atoms with E-state index in [0.717, 1.165) is 10.1 Å². The summed E-state index contributed by atoms with van der Waals surface area (Å²) < 4.78 is 11.4. The first-order chi connectivity index (χ1) is 11.5. The number of aryl methyl sites for hydroxylation is 1. The number of carbonyl (C=O) groups excluding carboxylic acids is 1. The smallest absolute Gasteiger partial charge is 0.333 e. The van der Waals surface area contributed by atoms with E-state index in [4.69, 9.17) is 15.2 Å². The van der Waals surface area contributed by atoms with Gasteiger partial charge in [-0.15, -0.1) is 0 Å². The Morgan fingerprint density at radius 2 is 1.83 bits per heavy atom. The van der Waals surface area contributed by atoms with Crippen LogP contribution in [0.25, 0.3) is 11.0 Å². The van der Waals surface area contributed by atoms with Crippen molar-refractivity contribution in [1.29, 1.82) is 0 Å². The second-order valence-electron chi connectivity index (χ2n) is 5.37. The molecule has 24 heavy (non-hydrogen) atoms. The average molecular weight is 327 g/mol. The molecule has 0 spiro atoms. The van der Waals surface area contributed by atoms with E-state index in [1.165, 1.54) is 20.3 Å². The van der Waals surface area contributed by atoms with Gasteiger partial charge in [0.05, 0.1) is 25.3 Å². The fraction of sp³-hybridized carbons (Fsp3) is 0.176. The molecule has 7 nitrogen and oxygen atoms in total. The zero-order valence-electron chi connectivity index (χ0n) is 13.5. The number of anilines is 1. The number of aromatic amines is 1. The van der Waals surface area contributed by atoms with Crippen molar-refractivity contribution in [1.82, 2.24) is 9.55 Å². The molecule has 3 rings (SSSR count). The van der Waals surface area contributed by atoms with E-state index < -0.39 is 11.6 Å². The standard InChI is InChI=1S/C17H17N3O4/c1-9-6-12-13(8-11(9)18)20(17(22)19-12)16(21)10-4-5-14(23-2)15(7-10)24-3/h4-8H,18H2,1-3H3,(H,19,22). The van der Waals surface area contributed by atoms with Crippen molar-refractivity contribution in [3.05, 3.63) is 51.9 Å². The first kappa shape index (κ1) is 15.7. The molecule has 0 bridgehead atoms. The summed E-state index contributed by atoms with van der Waals surface area (Å²) in [5.41, 5.74) is 8.02. The van der Waals surface area contributed by atoms with Crippen LogP contribution in [0, 0.1) is 6.92 Å². The molecule has 0 fully saturated rings. The van der Waals surface area contributed by atoms with Crippen molar-refractivity contribution in [3.63, 3.8) is 0 Å². The number of benzene rings is 2. The molecule has 0 atom stereocenters. The number of rotatable bonds is 3. The molecule has 1 aromatic heterocycles. The SMILES string of the molecule is COc1ccc(C(=O)n2c(=O)[nH]c3cc(C)c(N)cc32)cc1OC. The number of ether oxygens (including phenoxy) is 2. The zero-order valence-corrected chi connectivity index (χ0v) is 13.5. The summed E-state index contributed by atoms with van der Waals surface area (Å²) in [5.74, 6) is 0.433. The molecule has 2 aromatic carbocycles. The Balaban J connectivity index is 2.17. The van der Waals surface area contributed by atoms with Gasteiger partial charge in [0.15, 0.2) is 11.5 Å². The molecule has 0 saturated carbocycles. The maximum atomic E-state index is 12.8. The van der Waals surface area contributed by atoms with Crippen LogP contribution < -0.4 is 20.9 Å². The minimum Gasteiger partial charge on any atom is -0.493 e. The number of methoxy groups -OCH3 is 2. The lowest BCUT2D eigenvalue weighted by atomic mass is 10.1. The lowest BCUT2D eigenvalue weighted by molar-refractivity contribution is 0.0960. The maximum Gasteiger partial charge on any atom is 0.333 e. The summed E-state index contributed by atoms with van der Waals surface area (Å²) >= 11 is 0. The normalized spacial score (nSPS) is 10.8. The van der Waals surface area contributed by atoms with Crippen LogP contribution in [-0.2, 0) is 0 Å². The number of aromatic nitrogens is 2. The molecule has 7 heteroatoms. The van der Waals surface area contributed by atoms with Gasteiger partial charge in [0.1, 0.15) is 0 Å². The molecule has 0 aliphatic carbocycles. The van der Waals surface area contributed by atoms with Crippen LogP contribution in [0.15, 0.2) is 35.1 Å². The Bertz CT molecular complexity index is 1000. The van der Waals surface area contributed by atoms with E-state index in [0.29, 0.717) is 33.8 Å². The van der Waals surface area contributed by atoms with Crippen LogP contribution in [-0.4, -0.2) is 29.7 Å². The molecule has 3 N–H and O–H groups in total. The minimum atomic E-state index is -0.519. The van der Waals surface area contributed by atoms with Crippen LogP contribution in [0.5, 0.6) is 11.5 Å². The number of nitrogens with one attached hydrogen (secondary N) is 1. The number of nitrogens with zero attached hydrogens (tertiary/aromatic N) is 1. The van der Waals surface area contributed by atoms with Gasteiger partial charge in [-0.1, -0.05) is 0 Å². The number of H-pyrrole nitrogens is 1. The van der Waals surface area contributed by atoms with E-state index in [1.807, 2.05) is 6.92 Å². The first-order valence-corrected chi connectivity index (χ1v) is 7.24. The Labute approximate surface area is 137 Å². The van der Waals surface area contributed by atoms with Crippen molar-refractivity contribution in [2.75, 3.05) is 20.0 Å². The number of fused-ring (bicyclic) bond motifs is 1. The van der Waals surface area contributed by atoms with Gasteiger partial charge in [-0.25, -0.2) is 9.36 Å². The molecule has 0 radical (unpaired) electrons. The zero-order chi connectivity index (χ0) is 17.4. The third-order valence-corrected chi connectivity index (χ3v) is 3.90. The van der Waals surface area contributed by atoms with E-state index in [2.05, 4.69) is 4.98 Å². The van der Waals surface area contributed by atoms with Crippen LogP contribution in [0.4, 0.5) is 5.69 Å². The third-order valence-electron chi connectivity index (χ3n) is 3.90. The molecular formula is C17H17N3O4. The lowest BCUT2D eigenvalue weighted by Gasteiger charge is -2.09. The van der Waals surface area contributed by atoms with Gasteiger partial charge in [-0.05, 0) is 42.8 Å². The van der Waals surface area contributed by atoms with Crippen molar-refractivity contribution in [2.24, 2.45) is 0 Å². The van der Waals surface area contributed by atoms with Gasteiger partial charge in [-0.3, -0.25) is 4.79 Å². The first-order valence-electron chi connectivity index (χ1n) is 7.24.